The van der Waals surface area contributed by atoms with Crippen molar-refractivity contribution in [2.75, 3.05) is 0 Å². The van der Waals surface area contributed by atoms with Crippen LogP contribution in [0.5, 0.6) is 0 Å². The summed E-state index contributed by atoms with van der Waals surface area (Å²) in [5.41, 5.74) is 0. The van der Waals surface area contributed by atoms with Crippen molar-refractivity contribution < 1.29 is 0 Å². The van der Waals surface area contributed by atoms with Crippen LogP contribution in [0.25, 0.3) is 0 Å². The van der Waals surface area contributed by atoms with Crippen LogP contribution in [0.15, 0.2) is 0 Å². The number of fused-ring (bicyclic) bond motifs is 1. The summed E-state index contributed by atoms with van der Waals surface area (Å²) in [5, 5.41) is 0. The molecule has 0 nitrogen and oxygen atoms in total. The number of rotatable bonds is 4. The molecule has 4 unspecified atom stereocenters. The van der Waals surface area contributed by atoms with Gasteiger partial charge in [-0.25, -0.2) is 0 Å². The van der Waals surface area contributed by atoms with Crippen LogP contribution in [0, 0.1) is 41.4 Å². The van der Waals surface area contributed by atoms with Crippen molar-refractivity contribution in [3.8, 4) is 0 Å². The summed E-state index contributed by atoms with van der Waals surface area (Å²) in [4.78, 5) is 0. The largest absolute Gasteiger partial charge is 0.0625 e. The standard InChI is InChI=1S/C24H42/c1-18-11-13-19(14-12-18)15-16-23-22-10-6-5-9-21(22)17-24(23)20-7-3-2-4-8-20/h18-24H,2-17H2,1H3. The Morgan fingerprint density at radius 3 is 2.04 bits per heavy atom. The van der Waals surface area contributed by atoms with E-state index in [2.05, 4.69) is 6.92 Å². The first kappa shape index (κ1) is 17.4. The van der Waals surface area contributed by atoms with Crippen molar-refractivity contribution in [2.45, 2.75) is 110 Å². The van der Waals surface area contributed by atoms with Gasteiger partial charge in [-0.05, 0) is 60.7 Å². The van der Waals surface area contributed by atoms with E-state index in [0.717, 1.165) is 41.4 Å². The Labute approximate surface area is 151 Å². The molecule has 0 spiro atoms. The maximum Gasteiger partial charge on any atom is -0.0352 e. The maximum atomic E-state index is 2.47. The Bertz CT molecular complexity index is 371. The predicted octanol–water partition coefficient (Wildman–Crippen LogP) is 7.62. The molecule has 0 aromatic rings. The van der Waals surface area contributed by atoms with Crippen molar-refractivity contribution in [1.29, 1.82) is 0 Å². The van der Waals surface area contributed by atoms with Gasteiger partial charge >= 0.3 is 0 Å². The summed E-state index contributed by atoms with van der Waals surface area (Å²) in [6, 6.07) is 0. The minimum atomic E-state index is 1.02. The highest BCUT2D eigenvalue weighted by atomic mass is 14.5. The van der Waals surface area contributed by atoms with E-state index in [1.807, 2.05) is 0 Å². The predicted molar refractivity (Wildman–Crippen MR) is 104 cm³/mol. The molecule has 0 aromatic heterocycles. The van der Waals surface area contributed by atoms with E-state index in [0.29, 0.717) is 0 Å². The molecule has 0 saturated heterocycles. The molecule has 24 heavy (non-hydrogen) atoms. The van der Waals surface area contributed by atoms with Crippen molar-refractivity contribution in [1.82, 2.24) is 0 Å². The quantitative estimate of drug-likeness (QED) is 0.497. The third-order valence-corrected chi connectivity index (χ3v) is 8.94. The highest BCUT2D eigenvalue weighted by Gasteiger charge is 2.46. The average molecular weight is 331 g/mol. The lowest BCUT2D eigenvalue weighted by Gasteiger charge is -2.36. The molecule has 4 aliphatic rings. The van der Waals surface area contributed by atoms with Gasteiger partial charge in [0.1, 0.15) is 0 Å². The summed E-state index contributed by atoms with van der Waals surface area (Å²) >= 11 is 0. The molecule has 0 bridgehead atoms. The Balaban J connectivity index is 1.38. The monoisotopic (exact) mass is 330 g/mol. The molecule has 0 N–H and O–H groups in total. The van der Waals surface area contributed by atoms with Crippen molar-refractivity contribution in [3.05, 3.63) is 0 Å². The number of hydrogen-bond donors (Lipinski definition) is 0. The molecule has 4 aliphatic carbocycles. The summed E-state index contributed by atoms with van der Waals surface area (Å²) in [6.45, 7) is 2.47. The smallest absolute Gasteiger partial charge is 0.0352 e. The molecule has 4 atom stereocenters. The molecule has 0 radical (unpaired) electrons. The molecule has 0 aromatic carbocycles. The van der Waals surface area contributed by atoms with Crippen LogP contribution in [0.1, 0.15) is 110 Å². The lowest BCUT2D eigenvalue weighted by Crippen LogP contribution is -2.26. The van der Waals surface area contributed by atoms with Gasteiger partial charge in [0, 0.05) is 0 Å². The first-order valence-electron chi connectivity index (χ1n) is 11.8. The third-order valence-electron chi connectivity index (χ3n) is 8.94. The van der Waals surface area contributed by atoms with Gasteiger partial charge < -0.3 is 0 Å². The molecule has 4 fully saturated rings. The van der Waals surface area contributed by atoms with Crippen LogP contribution in [-0.2, 0) is 0 Å². The normalized spacial score (nSPS) is 44.4. The lowest BCUT2D eigenvalue weighted by molar-refractivity contribution is 0.146. The molecular formula is C24H42. The molecule has 0 heterocycles. The zero-order valence-electron chi connectivity index (χ0n) is 16.4. The highest BCUT2D eigenvalue weighted by molar-refractivity contribution is 4.96. The van der Waals surface area contributed by atoms with Gasteiger partial charge in [0.05, 0.1) is 0 Å². The second kappa shape index (κ2) is 8.13. The fraction of sp³-hybridized carbons (Fsp3) is 1.00. The first-order valence-corrected chi connectivity index (χ1v) is 11.8. The molecule has 0 amide bonds. The van der Waals surface area contributed by atoms with E-state index in [4.69, 9.17) is 0 Å². The average Bonchev–Trinajstić information content (AvgIpc) is 3.01. The first-order chi connectivity index (χ1) is 11.8. The SMILES string of the molecule is CC1CCC(CCC2C3CCCCC3CC2C2CCCCC2)CC1. The van der Waals surface area contributed by atoms with Gasteiger partial charge in [0.25, 0.3) is 0 Å². The zero-order valence-corrected chi connectivity index (χ0v) is 16.4. The van der Waals surface area contributed by atoms with Crippen LogP contribution >= 0.6 is 0 Å². The molecule has 138 valence electrons. The fourth-order valence-corrected chi connectivity index (χ4v) is 7.51. The van der Waals surface area contributed by atoms with Crippen molar-refractivity contribution in [3.63, 3.8) is 0 Å². The molecule has 4 saturated carbocycles. The zero-order chi connectivity index (χ0) is 16.4. The molecule has 0 heteroatoms. The van der Waals surface area contributed by atoms with E-state index in [-0.39, 0.29) is 0 Å². The summed E-state index contributed by atoms with van der Waals surface area (Å²) in [6.07, 6.45) is 25.1. The molecule has 0 aliphatic heterocycles. The van der Waals surface area contributed by atoms with Gasteiger partial charge in [-0.3, -0.25) is 0 Å². The van der Waals surface area contributed by atoms with Crippen LogP contribution < -0.4 is 0 Å². The Kier molecular flexibility index (Phi) is 5.90. The van der Waals surface area contributed by atoms with E-state index in [1.54, 1.807) is 83.5 Å². The van der Waals surface area contributed by atoms with Gasteiger partial charge in [-0.15, -0.1) is 0 Å². The maximum absolute atomic E-state index is 2.47. The topological polar surface area (TPSA) is 0 Å². The van der Waals surface area contributed by atoms with Crippen molar-refractivity contribution >= 4 is 0 Å². The second-order valence-corrected chi connectivity index (χ2v) is 10.4. The lowest BCUT2D eigenvalue weighted by atomic mass is 9.70. The summed E-state index contributed by atoms with van der Waals surface area (Å²) in [5.74, 6) is 7.80. The fourth-order valence-electron chi connectivity index (χ4n) is 7.51. The van der Waals surface area contributed by atoms with Crippen LogP contribution in [-0.4, -0.2) is 0 Å². The van der Waals surface area contributed by atoms with Gasteiger partial charge in [0.15, 0.2) is 0 Å². The van der Waals surface area contributed by atoms with E-state index < -0.39 is 0 Å². The van der Waals surface area contributed by atoms with E-state index >= 15 is 0 Å². The van der Waals surface area contributed by atoms with Gasteiger partial charge in [-0.2, -0.15) is 0 Å². The minimum Gasteiger partial charge on any atom is -0.0625 e. The summed E-state index contributed by atoms with van der Waals surface area (Å²) in [7, 11) is 0. The molecular weight excluding hydrogens is 288 g/mol. The van der Waals surface area contributed by atoms with Crippen LogP contribution in [0.4, 0.5) is 0 Å². The third kappa shape index (κ3) is 3.88. The summed E-state index contributed by atoms with van der Waals surface area (Å²) < 4.78 is 0. The van der Waals surface area contributed by atoms with E-state index in [1.165, 1.54) is 19.3 Å². The van der Waals surface area contributed by atoms with Crippen LogP contribution in [0.3, 0.4) is 0 Å². The van der Waals surface area contributed by atoms with E-state index in [9.17, 15) is 0 Å². The highest BCUT2D eigenvalue weighted by Crippen LogP contribution is 2.55. The Morgan fingerprint density at radius 2 is 1.25 bits per heavy atom. The van der Waals surface area contributed by atoms with Gasteiger partial charge in [-0.1, -0.05) is 90.4 Å². The number of hydrogen-bond acceptors (Lipinski definition) is 0. The Hall–Kier alpha value is 0. The molecule has 4 rings (SSSR count). The minimum absolute atomic E-state index is 1.02. The van der Waals surface area contributed by atoms with Crippen molar-refractivity contribution in [2.24, 2.45) is 41.4 Å². The van der Waals surface area contributed by atoms with Crippen LogP contribution in [0.2, 0.25) is 0 Å². The Morgan fingerprint density at radius 1 is 0.583 bits per heavy atom. The van der Waals surface area contributed by atoms with Gasteiger partial charge in [0.2, 0.25) is 0 Å². The second-order valence-electron chi connectivity index (χ2n) is 10.4.